The van der Waals surface area contributed by atoms with Crippen molar-refractivity contribution in [2.24, 2.45) is 19.1 Å². The maximum Gasteiger partial charge on any atom is 0.303 e. The standard InChI is InChI=1S/C15H20N3/c1-5-14(15-17(3)10-11-18(15)4)16-13-8-6-12(2)7-9-13/h6-11H,5H2,1-4H3/q+1. The predicted molar refractivity (Wildman–Crippen MR) is 74.3 cm³/mol. The molecule has 0 saturated carbocycles. The number of aliphatic imine (C=N–C) groups is 1. The molecule has 0 radical (unpaired) electrons. The minimum Gasteiger partial charge on any atom is -0.245 e. The van der Waals surface area contributed by atoms with Crippen LogP contribution in [0.1, 0.15) is 24.7 Å². The number of hydrogen-bond donors (Lipinski definition) is 0. The Balaban J connectivity index is 2.43. The van der Waals surface area contributed by atoms with Gasteiger partial charge in [0, 0.05) is 0 Å². The molecule has 0 fully saturated rings. The largest absolute Gasteiger partial charge is 0.303 e. The first kappa shape index (κ1) is 12.6. The maximum absolute atomic E-state index is 4.76. The van der Waals surface area contributed by atoms with Crippen LogP contribution < -0.4 is 4.57 Å². The second kappa shape index (κ2) is 5.17. The molecular weight excluding hydrogens is 222 g/mol. The Bertz CT molecular complexity index is 542. The summed E-state index contributed by atoms with van der Waals surface area (Å²) in [4.78, 5) is 4.76. The third-order valence-electron chi connectivity index (χ3n) is 3.07. The molecule has 0 amide bonds. The SMILES string of the molecule is CCC(=Nc1ccc(C)cc1)c1n(C)cc[n+]1C. The molecule has 0 aliphatic carbocycles. The Hall–Kier alpha value is -1.90. The van der Waals surface area contributed by atoms with Crippen LogP contribution >= 0.6 is 0 Å². The first-order valence-electron chi connectivity index (χ1n) is 6.27. The lowest BCUT2D eigenvalue weighted by Crippen LogP contribution is -2.35. The first-order chi connectivity index (χ1) is 8.61. The molecule has 0 aliphatic rings. The molecule has 0 atom stereocenters. The lowest BCUT2D eigenvalue weighted by atomic mass is 10.2. The van der Waals surface area contributed by atoms with Gasteiger partial charge in [-0.25, -0.2) is 14.1 Å². The van der Waals surface area contributed by atoms with Crippen LogP contribution in [0.5, 0.6) is 0 Å². The smallest absolute Gasteiger partial charge is 0.245 e. The molecule has 0 unspecified atom stereocenters. The lowest BCUT2D eigenvalue weighted by Gasteiger charge is -2.02. The van der Waals surface area contributed by atoms with E-state index >= 15 is 0 Å². The third-order valence-corrected chi connectivity index (χ3v) is 3.07. The molecule has 3 nitrogen and oxygen atoms in total. The van der Waals surface area contributed by atoms with E-state index in [0.29, 0.717) is 0 Å². The summed E-state index contributed by atoms with van der Waals surface area (Å²) in [5, 5.41) is 0. The summed E-state index contributed by atoms with van der Waals surface area (Å²) in [7, 11) is 4.10. The van der Waals surface area contributed by atoms with Crippen molar-refractivity contribution in [3.8, 4) is 0 Å². The molecule has 0 spiro atoms. The van der Waals surface area contributed by atoms with E-state index in [1.165, 1.54) is 5.56 Å². The summed E-state index contributed by atoms with van der Waals surface area (Å²) < 4.78 is 4.22. The minimum absolute atomic E-state index is 0.916. The third kappa shape index (κ3) is 2.50. The molecule has 94 valence electrons. The fourth-order valence-corrected chi connectivity index (χ4v) is 2.06. The highest BCUT2D eigenvalue weighted by atomic mass is 15.1. The van der Waals surface area contributed by atoms with Gasteiger partial charge < -0.3 is 0 Å². The lowest BCUT2D eigenvalue weighted by molar-refractivity contribution is -0.672. The second-order valence-corrected chi connectivity index (χ2v) is 4.59. The number of rotatable bonds is 3. The molecule has 1 aromatic heterocycles. The van der Waals surface area contributed by atoms with E-state index in [0.717, 1.165) is 23.6 Å². The van der Waals surface area contributed by atoms with Crippen LogP contribution in [0, 0.1) is 6.92 Å². The Labute approximate surface area is 108 Å². The number of nitrogens with zero attached hydrogens (tertiary/aromatic N) is 3. The van der Waals surface area contributed by atoms with Crippen molar-refractivity contribution in [3.05, 3.63) is 48.0 Å². The maximum atomic E-state index is 4.76. The summed E-state index contributed by atoms with van der Waals surface area (Å²) in [6.45, 7) is 4.23. The van der Waals surface area contributed by atoms with Crippen LogP contribution in [0.4, 0.5) is 5.69 Å². The summed E-state index contributed by atoms with van der Waals surface area (Å²) in [5.41, 5.74) is 3.38. The Kier molecular flexibility index (Phi) is 3.60. The molecule has 1 aromatic carbocycles. The van der Waals surface area contributed by atoms with Crippen molar-refractivity contribution in [1.82, 2.24) is 4.57 Å². The van der Waals surface area contributed by atoms with Crippen molar-refractivity contribution in [1.29, 1.82) is 0 Å². The first-order valence-corrected chi connectivity index (χ1v) is 6.27. The van der Waals surface area contributed by atoms with E-state index in [4.69, 9.17) is 4.99 Å². The molecule has 3 heteroatoms. The van der Waals surface area contributed by atoms with Crippen LogP contribution in [0.25, 0.3) is 0 Å². The van der Waals surface area contributed by atoms with Crippen LogP contribution in [-0.4, -0.2) is 10.3 Å². The van der Waals surface area contributed by atoms with Gasteiger partial charge in [0.05, 0.1) is 19.8 Å². The van der Waals surface area contributed by atoms with Crippen molar-refractivity contribution >= 4 is 11.4 Å². The Morgan fingerprint density at radius 3 is 2.44 bits per heavy atom. The van der Waals surface area contributed by atoms with Gasteiger partial charge in [0.25, 0.3) is 0 Å². The highest BCUT2D eigenvalue weighted by Crippen LogP contribution is 2.15. The molecule has 0 saturated heterocycles. The molecule has 0 N–H and O–H groups in total. The zero-order chi connectivity index (χ0) is 13.1. The summed E-state index contributed by atoms with van der Waals surface area (Å²) in [5.74, 6) is 1.15. The number of imidazole rings is 1. The van der Waals surface area contributed by atoms with E-state index in [1.807, 2.05) is 0 Å². The topological polar surface area (TPSA) is 21.2 Å². The molecule has 0 bridgehead atoms. The normalized spacial score (nSPS) is 11.9. The Morgan fingerprint density at radius 1 is 1.28 bits per heavy atom. The van der Waals surface area contributed by atoms with Gasteiger partial charge in [0.2, 0.25) is 0 Å². The van der Waals surface area contributed by atoms with E-state index in [2.05, 4.69) is 73.7 Å². The van der Waals surface area contributed by atoms with Crippen molar-refractivity contribution < 1.29 is 4.57 Å². The monoisotopic (exact) mass is 242 g/mol. The van der Waals surface area contributed by atoms with Crippen LogP contribution in [0.15, 0.2) is 41.7 Å². The van der Waals surface area contributed by atoms with Crippen molar-refractivity contribution in [2.45, 2.75) is 20.3 Å². The van der Waals surface area contributed by atoms with Crippen LogP contribution in [-0.2, 0) is 14.1 Å². The quantitative estimate of drug-likeness (QED) is 0.583. The van der Waals surface area contributed by atoms with Gasteiger partial charge in [0.15, 0.2) is 0 Å². The fraction of sp³-hybridized carbons (Fsp3) is 0.333. The van der Waals surface area contributed by atoms with Gasteiger partial charge in [-0.1, -0.05) is 24.6 Å². The number of aryl methyl sites for hydroxylation is 3. The summed E-state index contributed by atoms with van der Waals surface area (Å²) in [6.07, 6.45) is 5.02. The highest BCUT2D eigenvalue weighted by molar-refractivity contribution is 5.97. The number of hydrogen-bond acceptors (Lipinski definition) is 1. The summed E-state index contributed by atoms with van der Waals surface area (Å²) in [6, 6.07) is 8.32. The van der Waals surface area contributed by atoms with Gasteiger partial charge in [-0.15, -0.1) is 0 Å². The second-order valence-electron chi connectivity index (χ2n) is 4.59. The van der Waals surface area contributed by atoms with Crippen LogP contribution in [0.3, 0.4) is 0 Å². The van der Waals surface area contributed by atoms with Gasteiger partial charge in [-0.2, -0.15) is 0 Å². The molecular formula is C15H20N3+. The predicted octanol–water partition coefficient (Wildman–Crippen LogP) is 2.69. The molecule has 0 aliphatic heterocycles. The van der Waals surface area contributed by atoms with E-state index < -0.39 is 0 Å². The van der Waals surface area contributed by atoms with E-state index in [-0.39, 0.29) is 0 Å². The van der Waals surface area contributed by atoms with Crippen molar-refractivity contribution in [3.63, 3.8) is 0 Å². The number of aromatic nitrogens is 2. The zero-order valence-corrected chi connectivity index (χ0v) is 11.5. The molecule has 1 heterocycles. The Morgan fingerprint density at radius 2 is 1.94 bits per heavy atom. The average Bonchev–Trinajstić information content (AvgIpc) is 2.69. The minimum atomic E-state index is 0.916. The highest BCUT2D eigenvalue weighted by Gasteiger charge is 2.17. The molecule has 2 rings (SSSR count). The summed E-state index contributed by atoms with van der Waals surface area (Å²) >= 11 is 0. The van der Waals surface area contributed by atoms with Gasteiger partial charge >= 0.3 is 5.82 Å². The van der Waals surface area contributed by atoms with E-state index in [9.17, 15) is 0 Å². The van der Waals surface area contributed by atoms with Gasteiger partial charge in [-0.3, -0.25) is 0 Å². The average molecular weight is 242 g/mol. The zero-order valence-electron chi connectivity index (χ0n) is 11.5. The van der Waals surface area contributed by atoms with Gasteiger partial charge in [0.1, 0.15) is 18.1 Å². The van der Waals surface area contributed by atoms with Gasteiger partial charge in [-0.05, 0) is 25.5 Å². The van der Waals surface area contributed by atoms with E-state index in [1.54, 1.807) is 0 Å². The molecule has 18 heavy (non-hydrogen) atoms. The molecule has 2 aromatic rings. The fourth-order valence-electron chi connectivity index (χ4n) is 2.06. The van der Waals surface area contributed by atoms with Crippen molar-refractivity contribution in [2.75, 3.05) is 0 Å². The van der Waals surface area contributed by atoms with Crippen LogP contribution in [0.2, 0.25) is 0 Å². The number of benzene rings is 1.